The van der Waals surface area contributed by atoms with Crippen molar-refractivity contribution in [2.24, 2.45) is 0 Å². The average molecular weight is 465 g/mol. The lowest BCUT2D eigenvalue weighted by molar-refractivity contribution is 0.423. The van der Waals surface area contributed by atoms with Gasteiger partial charge in [-0.05, 0) is 94.7 Å². The van der Waals surface area contributed by atoms with Crippen molar-refractivity contribution in [3.05, 3.63) is 63.2 Å². The van der Waals surface area contributed by atoms with Crippen LogP contribution in [0.5, 0.6) is 5.75 Å². The van der Waals surface area contributed by atoms with Crippen molar-refractivity contribution in [2.45, 2.75) is 137 Å². The van der Waals surface area contributed by atoms with Crippen molar-refractivity contribution in [1.82, 2.24) is 0 Å². The molecule has 0 atom stereocenters. The summed E-state index contributed by atoms with van der Waals surface area (Å²) in [6, 6.07) is 9.60. The van der Waals surface area contributed by atoms with Crippen LogP contribution in [0.2, 0.25) is 0 Å². The van der Waals surface area contributed by atoms with Crippen molar-refractivity contribution >= 4 is 0 Å². The molecule has 0 unspecified atom stereocenters. The summed E-state index contributed by atoms with van der Waals surface area (Å²) in [6.45, 7) is 20.1. The minimum Gasteiger partial charge on any atom is -0.507 e. The molecule has 190 valence electrons. The highest BCUT2D eigenvalue weighted by Crippen LogP contribution is 2.40. The molecule has 0 spiro atoms. The maximum atomic E-state index is 11.2. The topological polar surface area (TPSA) is 20.2 Å². The molecule has 0 bridgehead atoms. The first kappa shape index (κ1) is 28.5. The molecule has 2 aromatic carbocycles. The lowest BCUT2D eigenvalue weighted by Gasteiger charge is -2.28. The zero-order valence-corrected chi connectivity index (χ0v) is 23.8. The third-order valence-corrected chi connectivity index (χ3v) is 7.08. The van der Waals surface area contributed by atoms with Crippen LogP contribution in [0.3, 0.4) is 0 Å². The number of aryl methyl sites for hydroxylation is 3. The monoisotopic (exact) mass is 464 g/mol. The standard InChI is InChI=1S/C33H52O/c1-10-13-16-24-19-26(17-14-11-2)28(27(20-24)18-15-12-3)21-25-22-29(32(4,5)6)31(34)30(23-25)33(7,8)9/h19-20,22-23,34H,10-18,21H2,1-9H3. The highest BCUT2D eigenvalue weighted by atomic mass is 16.3. The number of hydrogen-bond donors (Lipinski definition) is 1. The molecule has 0 aliphatic heterocycles. The molecule has 1 nitrogen and oxygen atoms in total. The summed E-state index contributed by atoms with van der Waals surface area (Å²) in [5, 5.41) is 11.2. The first-order valence-electron chi connectivity index (χ1n) is 13.9. The molecule has 0 saturated carbocycles. The molecule has 0 aliphatic rings. The maximum Gasteiger partial charge on any atom is 0.123 e. The van der Waals surface area contributed by atoms with Crippen molar-refractivity contribution in [3.63, 3.8) is 0 Å². The Morgan fingerprint density at radius 2 is 1.00 bits per heavy atom. The quantitative estimate of drug-likeness (QED) is 0.351. The van der Waals surface area contributed by atoms with Crippen LogP contribution in [-0.4, -0.2) is 5.11 Å². The summed E-state index contributed by atoms with van der Waals surface area (Å²) in [7, 11) is 0. The largest absolute Gasteiger partial charge is 0.507 e. The normalized spacial score (nSPS) is 12.4. The Morgan fingerprint density at radius 3 is 1.38 bits per heavy atom. The van der Waals surface area contributed by atoms with Gasteiger partial charge in [0.15, 0.2) is 0 Å². The van der Waals surface area contributed by atoms with E-state index in [9.17, 15) is 5.11 Å². The second-order valence-electron chi connectivity index (χ2n) is 12.4. The van der Waals surface area contributed by atoms with E-state index in [4.69, 9.17) is 0 Å². The Labute approximate surface area is 211 Å². The molecule has 34 heavy (non-hydrogen) atoms. The smallest absolute Gasteiger partial charge is 0.123 e. The Hall–Kier alpha value is -1.76. The van der Waals surface area contributed by atoms with Crippen molar-refractivity contribution in [3.8, 4) is 5.75 Å². The minimum atomic E-state index is -0.0970. The summed E-state index contributed by atoms with van der Waals surface area (Å²) in [5.41, 5.74) is 9.48. The molecule has 0 aliphatic carbocycles. The Balaban J connectivity index is 2.67. The summed E-state index contributed by atoms with van der Waals surface area (Å²) >= 11 is 0. The van der Waals surface area contributed by atoms with Gasteiger partial charge >= 0.3 is 0 Å². The fourth-order valence-corrected chi connectivity index (χ4v) is 4.95. The molecule has 0 radical (unpaired) electrons. The van der Waals surface area contributed by atoms with Gasteiger partial charge in [0.2, 0.25) is 0 Å². The molecular formula is C33H52O. The molecule has 1 N–H and O–H groups in total. The van der Waals surface area contributed by atoms with Gasteiger partial charge in [-0.2, -0.15) is 0 Å². The number of phenols is 1. The summed E-state index contributed by atoms with van der Waals surface area (Å²) in [5.74, 6) is 0.482. The fourth-order valence-electron chi connectivity index (χ4n) is 4.95. The molecule has 0 saturated heterocycles. The number of hydrogen-bond acceptors (Lipinski definition) is 1. The lowest BCUT2D eigenvalue weighted by atomic mass is 9.77. The molecule has 1 heteroatoms. The highest BCUT2D eigenvalue weighted by molar-refractivity contribution is 5.52. The van der Waals surface area contributed by atoms with Gasteiger partial charge in [-0.3, -0.25) is 0 Å². The van der Waals surface area contributed by atoms with Gasteiger partial charge in [-0.15, -0.1) is 0 Å². The van der Waals surface area contributed by atoms with E-state index < -0.39 is 0 Å². The van der Waals surface area contributed by atoms with Crippen LogP contribution in [0.25, 0.3) is 0 Å². The fraction of sp³-hybridized carbons (Fsp3) is 0.636. The molecule has 2 rings (SSSR count). The lowest BCUT2D eigenvalue weighted by Crippen LogP contribution is -2.18. The predicted octanol–water partition coefficient (Wildman–Crippen LogP) is 9.61. The third kappa shape index (κ3) is 7.62. The van der Waals surface area contributed by atoms with Crippen LogP contribution >= 0.6 is 0 Å². The average Bonchev–Trinajstić information content (AvgIpc) is 2.75. The number of phenolic OH excluding ortho intramolecular Hbond substituents is 1. The van der Waals surface area contributed by atoms with Gasteiger partial charge in [0.1, 0.15) is 5.75 Å². The maximum absolute atomic E-state index is 11.2. The first-order valence-corrected chi connectivity index (χ1v) is 13.9. The van der Waals surface area contributed by atoms with Crippen LogP contribution in [0, 0.1) is 0 Å². The molecule has 0 fully saturated rings. The van der Waals surface area contributed by atoms with E-state index in [1.54, 1.807) is 16.7 Å². The Bertz CT molecular complexity index is 857. The summed E-state index contributed by atoms with van der Waals surface area (Å²) in [6.07, 6.45) is 11.9. The van der Waals surface area contributed by atoms with E-state index in [1.165, 1.54) is 68.9 Å². The van der Waals surface area contributed by atoms with Gasteiger partial charge < -0.3 is 5.11 Å². The van der Waals surface area contributed by atoms with E-state index in [-0.39, 0.29) is 10.8 Å². The van der Waals surface area contributed by atoms with Gasteiger partial charge in [0, 0.05) is 0 Å². The predicted molar refractivity (Wildman–Crippen MR) is 151 cm³/mol. The van der Waals surface area contributed by atoms with Gasteiger partial charge in [0.05, 0.1) is 0 Å². The number of rotatable bonds is 11. The molecule has 0 heterocycles. The van der Waals surface area contributed by atoms with Gasteiger partial charge in [-0.1, -0.05) is 106 Å². The highest BCUT2D eigenvalue weighted by Gasteiger charge is 2.27. The van der Waals surface area contributed by atoms with E-state index in [2.05, 4.69) is 86.6 Å². The molecule has 2 aromatic rings. The van der Waals surface area contributed by atoms with Crippen LogP contribution in [-0.2, 0) is 36.5 Å². The van der Waals surface area contributed by atoms with Crippen molar-refractivity contribution in [1.29, 1.82) is 0 Å². The second kappa shape index (κ2) is 12.3. The molecule has 0 amide bonds. The van der Waals surface area contributed by atoms with Crippen molar-refractivity contribution < 1.29 is 5.11 Å². The van der Waals surface area contributed by atoms with Crippen LogP contribution < -0.4 is 0 Å². The zero-order valence-electron chi connectivity index (χ0n) is 23.8. The van der Waals surface area contributed by atoms with Crippen LogP contribution in [0.15, 0.2) is 24.3 Å². The second-order valence-corrected chi connectivity index (χ2v) is 12.4. The van der Waals surface area contributed by atoms with Crippen LogP contribution in [0.1, 0.15) is 140 Å². The van der Waals surface area contributed by atoms with Gasteiger partial charge in [0.25, 0.3) is 0 Å². The van der Waals surface area contributed by atoms with E-state index in [0.29, 0.717) is 5.75 Å². The van der Waals surface area contributed by atoms with Gasteiger partial charge in [-0.25, -0.2) is 0 Å². The summed E-state index contributed by atoms with van der Waals surface area (Å²) < 4.78 is 0. The van der Waals surface area contributed by atoms with E-state index in [1.807, 2.05) is 0 Å². The van der Waals surface area contributed by atoms with Crippen LogP contribution in [0.4, 0.5) is 0 Å². The third-order valence-electron chi connectivity index (χ3n) is 7.08. The molecular weight excluding hydrogens is 412 g/mol. The number of benzene rings is 2. The Morgan fingerprint density at radius 1 is 0.588 bits per heavy atom. The van der Waals surface area contributed by atoms with E-state index >= 15 is 0 Å². The summed E-state index contributed by atoms with van der Waals surface area (Å²) in [4.78, 5) is 0. The van der Waals surface area contributed by atoms with Crippen molar-refractivity contribution in [2.75, 3.05) is 0 Å². The first-order chi connectivity index (χ1) is 15.9. The zero-order chi connectivity index (χ0) is 25.5. The number of unbranched alkanes of at least 4 members (excludes halogenated alkanes) is 3. The Kier molecular flexibility index (Phi) is 10.3. The van der Waals surface area contributed by atoms with E-state index in [0.717, 1.165) is 17.5 Å². The number of aromatic hydroxyl groups is 1. The SMILES string of the molecule is CCCCc1cc(CCCC)c(Cc2cc(C(C)(C)C)c(O)c(C(C)(C)C)c2)c(CCCC)c1. The molecule has 0 aromatic heterocycles. The minimum absolute atomic E-state index is 0.0970.